The summed E-state index contributed by atoms with van der Waals surface area (Å²) in [5.41, 5.74) is 4.35. The third kappa shape index (κ3) is 2.58. The fourth-order valence-corrected chi connectivity index (χ4v) is 2.97. The lowest BCUT2D eigenvalue weighted by Gasteiger charge is -2.10. The third-order valence-electron chi connectivity index (χ3n) is 4.34. The van der Waals surface area contributed by atoms with Crippen LogP contribution in [0.2, 0.25) is 0 Å². The zero-order valence-corrected chi connectivity index (χ0v) is 12.2. The second-order valence-corrected chi connectivity index (χ2v) is 5.66. The minimum absolute atomic E-state index is 0.181. The lowest BCUT2D eigenvalue weighted by Crippen LogP contribution is -2.28. The zero-order valence-electron chi connectivity index (χ0n) is 12.2. The van der Waals surface area contributed by atoms with Gasteiger partial charge in [0.15, 0.2) is 0 Å². The van der Waals surface area contributed by atoms with Crippen molar-refractivity contribution in [1.29, 1.82) is 0 Å². The largest absolute Gasteiger partial charge is 0.457 e. The molecule has 108 valence electrons. The molecule has 1 aliphatic carbocycles. The summed E-state index contributed by atoms with van der Waals surface area (Å²) >= 11 is 0. The normalized spacial score (nSPS) is 23.6. The first-order valence-corrected chi connectivity index (χ1v) is 7.46. The van der Waals surface area contributed by atoms with E-state index in [9.17, 15) is 4.79 Å². The second kappa shape index (κ2) is 5.54. The maximum atomic E-state index is 11.5. The van der Waals surface area contributed by atoms with Crippen molar-refractivity contribution in [2.24, 2.45) is 0 Å². The molecule has 1 aromatic carbocycles. The van der Waals surface area contributed by atoms with Crippen molar-refractivity contribution in [1.82, 2.24) is 10.6 Å². The van der Waals surface area contributed by atoms with Crippen LogP contribution < -0.4 is 10.6 Å². The molecular weight excluding hydrogens is 252 g/mol. The van der Waals surface area contributed by atoms with E-state index < -0.39 is 0 Å². The number of rotatable bonds is 6. The molecule has 1 aliphatic heterocycles. The van der Waals surface area contributed by atoms with Gasteiger partial charge in [-0.3, -0.25) is 0 Å². The van der Waals surface area contributed by atoms with E-state index in [1.807, 2.05) is 6.07 Å². The monoisotopic (exact) mass is 274 g/mol. The Hall–Kier alpha value is -1.39. The van der Waals surface area contributed by atoms with Crippen LogP contribution >= 0.6 is 0 Å². The lowest BCUT2D eigenvalue weighted by atomic mass is 9.97. The Balaban J connectivity index is 1.55. The van der Waals surface area contributed by atoms with Crippen LogP contribution in [0.1, 0.15) is 40.4 Å². The average Bonchev–Trinajstić information content (AvgIpc) is 3.06. The maximum absolute atomic E-state index is 11.5. The Morgan fingerprint density at radius 3 is 2.90 bits per heavy atom. The summed E-state index contributed by atoms with van der Waals surface area (Å²) in [6.45, 7) is 6.70. The number of carbonyl (C=O) groups is 1. The first-order chi connectivity index (χ1) is 9.70. The number of likely N-dealkylation sites (N-methyl/N-ethyl adjacent to an activating group) is 1. The van der Waals surface area contributed by atoms with Crippen molar-refractivity contribution in [3.05, 3.63) is 34.4 Å². The van der Waals surface area contributed by atoms with Gasteiger partial charge in [-0.05, 0) is 50.0 Å². The fourth-order valence-electron chi connectivity index (χ4n) is 2.97. The van der Waals surface area contributed by atoms with Crippen LogP contribution in [0.5, 0.6) is 0 Å². The zero-order chi connectivity index (χ0) is 14.1. The number of hydrogen-bond donors (Lipinski definition) is 2. The molecule has 3 rings (SSSR count). The van der Waals surface area contributed by atoms with Crippen LogP contribution in [0.25, 0.3) is 0 Å². The Morgan fingerprint density at radius 2 is 2.10 bits per heavy atom. The van der Waals surface area contributed by atoms with E-state index in [2.05, 4.69) is 30.5 Å². The summed E-state index contributed by atoms with van der Waals surface area (Å²) in [5.74, 6) is -0.181. The molecule has 1 fully saturated rings. The number of hydrogen-bond acceptors (Lipinski definition) is 4. The molecule has 0 saturated heterocycles. The van der Waals surface area contributed by atoms with E-state index in [0.29, 0.717) is 18.7 Å². The van der Waals surface area contributed by atoms with Crippen LogP contribution in [-0.2, 0) is 17.8 Å². The minimum Gasteiger partial charge on any atom is -0.457 e. The fraction of sp³-hybridized carbons (Fsp3) is 0.562. The SMILES string of the molecule is CCNC1CC1NCCc1ccc2c(c1C)COC2=O. The van der Waals surface area contributed by atoms with E-state index in [-0.39, 0.29) is 5.97 Å². The van der Waals surface area contributed by atoms with Crippen molar-refractivity contribution in [2.45, 2.75) is 45.4 Å². The van der Waals surface area contributed by atoms with Crippen LogP contribution in [0.15, 0.2) is 12.1 Å². The predicted octanol–water partition coefficient (Wildman–Crippen LogP) is 1.55. The molecule has 0 bridgehead atoms. The lowest BCUT2D eigenvalue weighted by molar-refractivity contribution is 0.0535. The predicted molar refractivity (Wildman–Crippen MR) is 77.9 cm³/mol. The summed E-state index contributed by atoms with van der Waals surface area (Å²) in [4.78, 5) is 11.5. The number of carbonyl (C=O) groups excluding carboxylic acids is 1. The second-order valence-electron chi connectivity index (χ2n) is 5.66. The molecule has 0 aromatic heterocycles. The number of nitrogens with one attached hydrogen (secondary N) is 2. The quantitative estimate of drug-likeness (QED) is 0.773. The topological polar surface area (TPSA) is 50.4 Å². The van der Waals surface area contributed by atoms with E-state index in [1.54, 1.807) is 0 Å². The van der Waals surface area contributed by atoms with Gasteiger partial charge in [-0.1, -0.05) is 13.0 Å². The third-order valence-corrected chi connectivity index (χ3v) is 4.34. The summed E-state index contributed by atoms with van der Waals surface area (Å²) in [5, 5.41) is 7.03. The van der Waals surface area contributed by atoms with Crippen LogP contribution in [-0.4, -0.2) is 31.1 Å². The van der Waals surface area contributed by atoms with Crippen molar-refractivity contribution < 1.29 is 9.53 Å². The average molecular weight is 274 g/mol. The summed E-state index contributed by atoms with van der Waals surface area (Å²) in [7, 11) is 0. The molecular formula is C16H22N2O2. The van der Waals surface area contributed by atoms with Gasteiger partial charge in [-0.15, -0.1) is 0 Å². The molecule has 0 spiro atoms. The molecule has 1 aromatic rings. The van der Waals surface area contributed by atoms with Crippen molar-refractivity contribution >= 4 is 5.97 Å². The molecule has 1 heterocycles. The smallest absolute Gasteiger partial charge is 0.338 e. The van der Waals surface area contributed by atoms with Crippen molar-refractivity contribution in [3.63, 3.8) is 0 Å². The summed E-state index contributed by atoms with van der Waals surface area (Å²) in [6.07, 6.45) is 2.24. The van der Waals surface area contributed by atoms with E-state index in [1.165, 1.54) is 17.5 Å². The van der Waals surface area contributed by atoms with Gasteiger partial charge >= 0.3 is 5.97 Å². The molecule has 2 aliphatic rings. The molecule has 1 saturated carbocycles. The van der Waals surface area contributed by atoms with Crippen LogP contribution in [0.4, 0.5) is 0 Å². The van der Waals surface area contributed by atoms with E-state index >= 15 is 0 Å². The Morgan fingerprint density at radius 1 is 1.30 bits per heavy atom. The molecule has 20 heavy (non-hydrogen) atoms. The van der Waals surface area contributed by atoms with Crippen molar-refractivity contribution in [2.75, 3.05) is 13.1 Å². The van der Waals surface area contributed by atoms with Crippen LogP contribution in [0, 0.1) is 6.92 Å². The first-order valence-electron chi connectivity index (χ1n) is 7.46. The summed E-state index contributed by atoms with van der Waals surface area (Å²) in [6, 6.07) is 5.27. The molecule has 2 atom stereocenters. The highest BCUT2D eigenvalue weighted by atomic mass is 16.5. The number of cyclic esters (lactones) is 1. The highest BCUT2D eigenvalue weighted by molar-refractivity contribution is 5.93. The van der Waals surface area contributed by atoms with E-state index in [0.717, 1.165) is 30.6 Å². The number of ether oxygens (including phenoxy) is 1. The van der Waals surface area contributed by atoms with Gasteiger partial charge in [0.2, 0.25) is 0 Å². The minimum atomic E-state index is -0.181. The highest BCUT2D eigenvalue weighted by Gasteiger charge is 2.35. The molecule has 4 heteroatoms. The van der Waals surface area contributed by atoms with E-state index in [4.69, 9.17) is 4.74 Å². The highest BCUT2D eigenvalue weighted by Crippen LogP contribution is 2.26. The molecule has 0 amide bonds. The number of fused-ring (bicyclic) bond motifs is 1. The standard InChI is InChI=1S/C16H22N2O2/c1-3-17-14-8-15(14)18-7-6-11-4-5-12-13(10(11)2)9-20-16(12)19/h4-5,14-15,17-18H,3,6-9H2,1-2H3. The number of benzene rings is 1. The van der Waals surface area contributed by atoms with Gasteiger partial charge in [0.1, 0.15) is 6.61 Å². The molecule has 2 N–H and O–H groups in total. The molecule has 4 nitrogen and oxygen atoms in total. The Labute approximate surface area is 119 Å². The van der Waals surface area contributed by atoms with Crippen molar-refractivity contribution in [3.8, 4) is 0 Å². The summed E-state index contributed by atoms with van der Waals surface area (Å²) < 4.78 is 5.09. The van der Waals surface area contributed by atoms with Gasteiger partial charge in [-0.25, -0.2) is 4.79 Å². The molecule has 2 unspecified atom stereocenters. The Kier molecular flexibility index (Phi) is 3.76. The van der Waals surface area contributed by atoms with Gasteiger partial charge in [-0.2, -0.15) is 0 Å². The first kappa shape index (κ1) is 13.6. The number of esters is 1. The van der Waals surface area contributed by atoms with Crippen LogP contribution in [0.3, 0.4) is 0 Å². The van der Waals surface area contributed by atoms with Gasteiger partial charge in [0, 0.05) is 17.6 Å². The van der Waals surface area contributed by atoms with Gasteiger partial charge in [0.25, 0.3) is 0 Å². The molecule has 0 radical (unpaired) electrons. The maximum Gasteiger partial charge on any atom is 0.338 e. The van der Waals surface area contributed by atoms with Gasteiger partial charge < -0.3 is 15.4 Å². The van der Waals surface area contributed by atoms with Gasteiger partial charge in [0.05, 0.1) is 5.56 Å². The Bertz CT molecular complexity index is 527.